The van der Waals surface area contributed by atoms with Crippen molar-refractivity contribution < 1.29 is 0 Å². The molecule has 0 unspecified atom stereocenters. The van der Waals surface area contributed by atoms with Crippen molar-refractivity contribution in [3.63, 3.8) is 0 Å². The summed E-state index contributed by atoms with van der Waals surface area (Å²) in [6.07, 6.45) is 0. The van der Waals surface area contributed by atoms with Gasteiger partial charge in [0, 0.05) is 15.5 Å². The van der Waals surface area contributed by atoms with Gasteiger partial charge in [-0.25, -0.2) is 0 Å². The quantitative estimate of drug-likeness (QED) is 0.581. The molecule has 0 saturated heterocycles. The van der Waals surface area contributed by atoms with Crippen molar-refractivity contribution >= 4 is 33.0 Å². The van der Waals surface area contributed by atoms with Crippen LogP contribution >= 0.6 is 22.9 Å². The molecule has 0 radical (unpaired) electrons. The maximum Gasteiger partial charge on any atom is 0.0594 e. The Hall–Kier alpha value is -0.530. The van der Waals surface area contributed by atoms with Crippen molar-refractivity contribution in [2.45, 2.75) is 6.92 Å². The van der Waals surface area contributed by atoms with Crippen LogP contribution in [0.4, 0.5) is 0 Å². The van der Waals surface area contributed by atoms with Gasteiger partial charge in [0.15, 0.2) is 0 Å². The Balaban J connectivity index is 2.96. The van der Waals surface area contributed by atoms with E-state index in [-0.39, 0.29) is 0 Å². The first-order valence-electron chi connectivity index (χ1n) is 3.41. The number of benzene rings is 1. The maximum absolute atomic E-state index is 5.99. The highest BCUT2D eigenvalue weighted by atomic mass is 35.5. The first-order chi connectivity index (χ1) is 5.29. The van der Waals surface area contributed by atoms with E-state index in [2.05, 4.69) is 25.1 Å². The lowest BCUT2D eigenvalue weighted by Crippen LogP contribution is -1.70. The van der Waals surface area contributed by atoms with Crippen molar-refractivity contribution in [2.75, 3.05) is 0 Å². The highest BCUT2D eigenvalue weighted by Gasteiger charge is 2.02. The molecule has 0 aliphatic heterocycles. The van der Waals surface area contributed by atoms with Gasteiger partial charge < -0.3 is 0 Å². The van der Waals surface area contributed by atoms with Gasteiger partial charge in [0.2, 0.25) is 0 Å². The van der Waals surface area contributed by atoms with E-state index >= 15 is 0 Å². The van der Waals surface area contributed by atoms with Gasteiger partial charge in [-0.15, -0.1) is 11.3 Å². The van der Waals surface area contributed by atoms with Crippen LogP contribution in [0.2, 0.25) is 5.02 Å². The Morgan fingerprint density at radius 1 is 1.36 bits per heavy atom. The van der Waals surface area contributed by atoms with Crippen LogP contribution in [0.15, 0.2) is 23.6 Å². The molecule has 0 aliphatic rings. The van der Waals surface area contributed by atoms with Gasteiger partial charge in [0.25, 0.3) is 0 Å². The van der Waals surface area contributed by atoms with Crippen LogP contribution in [0, 0.1) is 6.92 Å². The minimum absolute atomic E-state index is 0.878. The third-order valence-corrected chi connectivity index (χ3v) is 3.14. The second-order valence-electron chi connectivity index (χ2n) is 2.53. The van der Waals surface area contributed by atoms with E-state index in [1.54, 1.807) is 11.3 Å². The van der Waals surface area contributed by atoms with Crippen molar-refractivity contribution in [3.05, 3.63) is 34.2 Å². The Bertz CT molecular complexity index is 389. The van der Waals surface area contributed by atoms with E-state index in [4.69, 9.17) is 11.6 Å². The van der Waals surface area contributed by atoms with Crippen LogP contribution < -0.4 is 0 Å². The van der Waals surface area contributed by atoms with E-state index in [9.17, 15) is 0 Å². The summed E-state index contributed by atoms with van der Waals surface area (Å²) in [6, 6.07) is 6.24. The number of hydrogen-bond acceptors (Lipinski definition) is 1. The zero-order valence-electron chi connectivity index (χ0n) is 6.10. The number of halogens is 1. The molecule has 1 heterocycles. The second-order valence-corrected chi connectivity index (χ2v) is 3.85. The van der Waals surface area contributed by atoms with Crippen LogP contribution in [-0.4, -0.2) is 0 Å². The lowest BCUT2D eigenvalue weighted by molar-refractivity contribution is 1.55. The van der Waals surface area contributed by atoms with Gasteiger partial charge in [0.1, 0.15) is 0 Å². The van der Waals surface area contributed by atoms with Crippen LogP contribution in [0.5, 0.6) is 0 Å². The number of aryl methyl sites for hydroxylation is 1. The fourth-order valence-corrected chi connectivity index (χ4v) is 2.55. The molecule has 0 bridgehead atoms. The number of rotatable bonds is 0. The molecule has 2 heteroatoms. The Morgan fingerprint density at radius 3 is 2.91 bits per heavy atom. The normalized spacial score (nSPS) is 10.7. The smallest absolute Gasteiger partial charge is 0.0594 e. The molecule has 56 valence electrons. The number of fused-ring (bicyclic) bond motifs is 1. The third-order valence-electron chi connectivity index (χ3n) is 1.76. The molecule has 0 spiro atoms. The third kappa shape index (κ3) is 1.05. The number of hydrogen-bond donors (Lipinski definition) is 0. The second kappa shape index (κ2) is 2.50. The maximum atomic E-state index is 5.99. The van der Waals surface area contributed by atoms with E-state index in [0.29, 0.717) is 0 Å². The van der Waals surface area contributed by atoms with Gasteiger partial charge in [-0.3, -0.25) is 0 Å². The van der Waals surface area contributed by atoms with Crippen LogP contribution in [0.25, 0.3) is 10.1 Å². The minimum Gasteiger partial charge on any atom is -0.142 e. The average Bonchev–Trinajstić information content (AvgIpc) is 2.34. The topological polar surface area (TPSA) is 0 Å². The molecule has 1 aromatic carbocycles. The fraction of sp³-hybridized carbons (Fsp3) is 0.111. The summed E-state index contributed by atoms with van der Waals surface area (Å²) < 4.78 is 1.27. The summed E-state index contributed by atoms with van der Waals surface area (Å²) in [5.74, 6) is 0. The molecule has 0 N–H and O–H groups in total. The summed E-state index contributed by atoms with van der Waals surface area (Å²) >= 11 is 7.68. The van der Waals surface area contributed by atoms with E-state index in [1.165, 1.54) is 15.6 Å². The summed E-state index contributed by atoms with van der Waals surface area (Å²) in [7, 11) is 0. The monoisotopic (exact) mass is 182 g/mol. The molecule has 2 aromatic rings. The predicted molar refractivity (Wildman–Crippen MR) is 51.6 cm³/mol. The standard InChI is InChI=1S/C9H7ClS/c1-6-3-2-4-8-9(6)7(10)5-11-8/h2-5H,1H3. The molecule has 0 fully saturated rings. The van der Waals surface area contributed by atoms with E-state index < -0.39 is 0 Å². The molecule has 0 saturated carbocycles. The summed E-state index contributed by atoms with van der Waals surface area (Å²) in [5.41, 5.74) is 1.26. The molecular weight excluding hydrogens is 176 g/mol. The molecule has 0 aliphatic carbocycles. The SMILES string of the molecule is Cc1cccc2scc(Cl)c12. The summed E-state index contributed by atoms with van der Waals surface area (Å²) in [4.78, 5) is 0. The van der Waals surface area contributed by atoms with Gasteiger partial charge >= 0.3 is 0 Å². The minimum atomic E-state index is 0.878. The van der Waals surface area contributed by atoms with E-state index in [1.807, 2.05) is 5.38 Å². The molecule has 0 amide bonds. The molecule has 11 heavy (non-hydrogen) atoms. The van der Waals surface area contributed by atoms with Crippen molar-refractivity contribution in [1.29, 1.82) is 0 Å². The van der Waals surface area contributed by atoms with Gasteiger partial charge in [-0.1, -0.05) is 23.7 Å². The van der Waals surface area contributed by atoms with Crippen molar-refractivity contribution in [3.8, 4) is 0 Å². The predicted octanol–water partition coefficient (Wildman–Crippen LogP) is 3.86. The Labute approximate surface area is 74.4 Å². The lowest BCUT2D eigenvalue weighted by Gasteiger charge is -1.94. The molecule has 2 rings (SSSR count). The van der Waals surface area contributed by atoms with Crippen molar-refractivity contribution in [2.24, 2.45) is 0 Å². The van der Waals surface area contributed by atoms with Crippen LogP contribution in [-0.2, 0) is 0 Å². The molecule has 0 atom stereocenters. The zero-order chi connectivity index (χ0) is 7.84. The van der Waals surface area contributed by atoms with Crippen LogP contribution in [0.1, 0.15) is 5.56 Å². The summed E-state index contributed by atoms with van der Waals surface area (Å²) in [5, 5.41) is 4.07. The molecule has 0 nitrogen and oxygen atoms in total. The van der Waals surface area contributed by atoms with Gasteiger partial charge in [-0.05, 0) is 18.6 Å². The summed E-state index contributed by atoms with van der Waals surface area (Å²) in [6.45, 7) is 2.08. The molecule has 1 aromatic heterocycles. The lowest BCUT2D eigenvalue weighted by atomic mass is 10.2. The van der Waals surface area contributed by atoms with Crippen molar-refractivity contribution in [1.82, 2.24) is 0 Å². The van der Waals surface area contributed by atoms with Crippen LogP contribution in [0.3, 0.4) is 0 Å². The average molecular weight is 183 g/mol. The highest BCUT2D eigenvalue weighted by Crippen LogP contribution is 2.31. The first kappa shape index (κ1) is 7.14. The van der Waals surface area contributed by atoms with Gasteiger partial charge in [0.05, 0.1) is 5.02 Å². The fourth-order valence-electron chi connectivity index (χ4n) is 1.22. The van der Waals surface area contributed by atoms with Gasteiger partial charge in [-0.2, -0.15) is 0 Å². The Kier molecular flexibility index (Phi) is 1.63. The van der Waals surface area contributed by atoms with E-state index in [0.717, 1.165) is 5.02 Å². The highest BCUT2D eigenvalue weighted by molar-refractivity contribution is 7.17. The first-order valence-corrected chi connectivity index (χ1v) is 4.67. The zero-order valence-corrected chi connectivity index (χ0v) is 7.67. The largest absolute Gasteiger partial charge is 0.142 e. The Morgan fingerprint density at radius 2 is 2.18 bits per heavy atom. The number of thiophene rings is 1. The molecular formula is C9H7ClS.